The molecule has 0 atom stereocenters. The van der Waals surface area contributed by atoms with Crippen molar-refractivity contribution in [2.24, 2.45) is 0 Å². The molecule has 96 valence electrons. The number of benzene rings is 2. The first-order valence-electron chi connectivity index (χ1n) is 5.44. The number of halogens is 2. The Balaban J connectivity index is 2.41. The molecule has 0 unspecified atom stereocenters. The highest BCUT2D eigenvalue weighted by atomic mass is 35.5. The number of ether oxygens (including phenoxy) is 1. The minimum absolute atomic E-state index is 0.210. The van der Waals surface area contributed by atoms with Gasteiger partial charge in [-0.15, -0.1) is 0 Å². The summed E-state index contributed by atoms with van der Waals surface area (Å²) in [5.41, 5.74) is 1.31. The summed E-state index contributed by atoms with van der Waals surface area (Å²) < 4.78 is 18.2. The predicted octanol–water partition coefficient (Wildman–Crippen LogP) is 4.10. The number of methoxy groups -OCH3 is 1. The van der Waals surface area contributed by atoms with Gasteiger partial charge in [0.25, 0.3) is 0 Å². The van der Waals surface area contributed by atoms with Gasteiger partial charge in [0.15, 0.2) is 0 Å². The summed E-state index contributed by atoms with van der Waals surface area (Å²) in [6, 6.07) is 10.9. The summed E-state index contributed by atoms with van der Waals surface area (Å²) in [4.78, 5) is 0. The molecule has 0 amide bonds. The Labute approximate surface area is 115 Å². The Kier molecular flexibility index (Phi) is 3.88. The van der Waals surface area contributed by atoms with Gasteiger partial charge < -0.3 is 10.1 Å². The second-order valence-electron chi connectivity index (χ2n) is 3.77. The lowest BCUT2D eigenvalue weighted by molar-refractivity contribution is 0.417. The number of anilines is 2. The topological polar surface area (TPSA) is 45.0 Å². The molecule has 0 heterocycles. The van der Waals surface area contributed by atoms with Gasteiger partial charge in [-0.1, -0.05) is 11.6 Å². The Bertz CT molecular complexity index is 652. The summed E-state index contributed by atoms with van der Waals surface area (Å²) in [6.45, 7) is 0. The molecule has 0 spiro atoms. The van der Waals surface area contributed by atoms with Crippen molar-refractivity contribution in [2.75, 3.05) is 12.4 Å². The van der Waals surface area contributed by atoms with Crippen molar-refractivity contribution in [1.82, 2.24) is 0 Å². The van der Waals surface area contributed by atoms with Gasteiger partial charge in [-0.25, -0.2) is 4.39 Å². The summed E-state index contributed by atoms with van der Waals surface area (Å²) in [5.74, 6) is 0.123. The number of nitrogens with zero attached hydrogens (tertiary/aromatic N) is 1. The SMILES string of the molecule is COc1ccc(Cl)cc1Nc1ccc(F)cc1C#N. The molecule has 0 aromatic heterocycles. The van der Waals surface area contributed by atoms with Gasteiger partial charge >= 0.3 is 0 Å². The summed E-state index contributed by atoms with van der Waals surface area (Å²) >= 11 is 5.92. The highest BCUT2D eigenvalue weighted by Crippen LogP contribution is 2.31. The fourth-order valence-electron chi connectivity index (χ4n) is 1.64. The van der Waals surface area contributed by atoms with E-state index in [-0.39, 0.29) is 5.56 Å². The quantitative estimate of drug-likeness (QED) is 0.918. The van der Waals surface area contributed by atoms with Gasteiger partial charge in [0.1, 0.15) is 17.6 Å². The maximum absolute atomic E-state index is 13.1. The largest absolute Gasteiger partial charge is 0.495 e. The number of nitriles is 1. The molecule has 0 saturated carbocycles. The van der Waals surface area contributed by atoms with E-state index in [2.05, 4.69) is 5.32 Å². The molecule has 0 saturated heterocycles. The van der Waals surface area contributed by atoms with Crippen LogP contribution in [0.15, 0.2) is 36.4 Å². The minimum Gasteiger partial charge on any atom is -0.495 e. The molecule has 0 aliphatic heterocycles. The van der Waals surface area contributed by atoms with Gasteiger partial charge in [-0.2, -0.15) is 5.26 Å². The number of hydrogen-bond acceptors (Lipinski definition) is 3. The molecule has 2 aromatic rings. The molecule has 0 bridgehead atoms. The molecular weight excluding hydrogens is 267 g/mol. The van der Waals surface area contributed by atoms with Crippen LogP contribution in [0.4, 0.5) is 15.8 Å². The molecular formula is C14H10ClFN2O. The third-order valence-corrected chi connectivity index (χ3v) is 2.77. The van der Waals surface area contributed by atoms with Crippen LogP contribution in [0.5, 0.6) is 5.75 Å². The fraction of sp³-hybridized carbons (Fsp3) is 0.0714. The van der Waals surface area contributed by atoms with E-state index in [0.717, 1.165) is 0 Å². The highest BCUT2D eigenvalue weighted by molar-refractivity contribution is 6.31. The number of rotatable bonds is 3. The van der Waals surface area contributed by atoms with Crippen LogP contribution in [0.1, 0.15) is 5.56 Å². The molecule has 0 fully saturated rings. The Morgan fingerprint density at radius 2 is 2.00 bits per heavy atom. The van der Waals surface area contributed by atoms with Crippen LogP contribution < -0.4 is 10.1 Å². The number of nitrogens with one attached hydrogen (secondary N) is 1. The molecule has 2 rings (SSSR count). The lowest BCUT2D eigenvalue weighted by atomic mass is 10.1. The van der Waals surface area contributed by atoms with Gasteiger partial charge in [0.2, 0.25) is 0 Å². The Morgan fingerprint density at radius 3 is 2.68 bits per heavy atom. The van der Waals surface area contributed by atoms with E-state index in [1.807, 2.05) is 6.07 Å². The lowest BCUT2D eigenvalue weighted by Gasteiger charge is -2.12. The van der Waals surface area contributed by atoms with Crippen molar-refractivity contribution >= 4 is 23.0 Å². The van der Waals surface area contributed by atoms with Crippen molar-refractivity contribution in [2.45, 2.75) is 0 Å². The molecule has 0 aliphatic rings. The van der Waals surface area contributed by atoms with Crippen molar-refractivity contribution in [3.05, 3.63) is 52.8 Å². The molecule has 3 nitrogen and oxygen atoms in total. The van der Waals surface area contributed by atoms with Crippen molar-refractivity contribution in [1.29, 1.82) is 5.26 Å². The first-order chi connectivity index (χ1) is 9.13. The molecule has 5 heteroatoms. The highest BCUT2D eigenvalue weighted by Gasteiger charge is 2.08. The maximum atomic E-state index is 13.1. The molecule has 1 N–H and O–H groups in total. The van der Waals surface area contributed by atoms with E-state index in [1.165, 1.54) is 25.3 Å². The van der Waals surface area contributed by atoms with Crippen LogP contribution in [0.25, 0.3) is 0 Å². The normalized spacial score (nSPS) is 9.79. The van der Waals surface area contributed by atoms with Gasteiger partial charge in [0.05, 0.1) is 24.0 Å². The molecule has 19 heavy (non-hydrogen) atoms. The van der Waals surface area contributed by atoms with Crippen LogP contribution >= 0.6 is 11.6 Å². The van der Waals surface area contributed by atoms with Crippen LogP contribution in [0.2, 0.25) is 5.02 Å². The van der Waals surface area contributed by atoms with E-state index in [0.29, 0.717) is 22.1 Å². The van der Waals surface area contributed by atoms with Gasteiger partial charge in [-0.05, 0) is 36.4 Å². The van der Waals surface area contributed by atoms with Crippen molar-refractivity contribution < 1.29 is 9.13 Å². The van der Waals surface area contributed by atoms with Crippen molar-refractivity contribution in [3.63, 3.8) is 0 Å². The first-order valence-corrected chi connectivity index (χ1v) is 5.82. The molecule has 2 aromatic carbocycles. The standard InChI is InChI=1S/C14H10ClFN2O/c1-19-14-5-2-10(15)7-13(14)18-12-4-3-11(16)6-9(12)8-17/h2-7,18H,1H3. The van der Waals surface area contributed by atoms with E-state index >= 15 is 0 Å². The maximum Gasteiger partial charge on any atom is 0.142 e. The van der Waals surface area contributed by atoms with Crippen LogP contribution in [-0.2, 0) is 0 Å². The van der Waals surface area contributed by atoms with Gasteiger partial charge in [-0.3, -0.25) is 0 Å². The molecule has 0 aliphatic carbocycles. The third-order valence-electron chi connectivity index (χ3n) is 2.53. The van der Waals surface area contributed by atoms with E-state index in [4.69, 9.17) is 21.6 Å². The van der Waals surface area contributed by atoms with E-state index < -0.39 is 5.82 Å². The van der Waals surface area contributed by atoms with E-state index in [9.17, 15) is 4.39 Å². The third kappa shape index (κ3) is 2.95. The average molecular weight is 277 g/mol. The smallest absolute Gasteiger partial charge is 0.142 e. The second-order valence-corrected chi connectivity index (χ2v) is 4.21. The first kappa shape index (κ1) is 13.2. The summed E-state index contributed by atoms with van der Waals surface area (Å²) in [7, 11) is 1.53. The van der Waals surface area contributed by atoms with Crippen LogP contribution in [-0.4, -0.2) is 7.11 Å². The number of hydrogen-bond donors (Lipinski definition) is 1. The van der Waals surface area contributed by atoms with Gasteiger partial charge in [0, 0.05) is 5.02 Å². The zero-order chi connectivity index (χ0) is 13.8. The second kappa shape index (κ2) is 5.59. The Morgan fingerprint density at radius 1 is 1.21 bits per heavy atom. The van der Waals surface area contributed by atoms with Crippen molar-refractivity contribution in [3.8, 4) is 11.8 Å². The summed E-state index contributed by atoms with van der Waals surface area (Å²) in [5, 5.41) is 12.5. The lowest BCUT2D eigenvalue weighted by Crippen LogP contribution is -1.97. The van der Waals surface area contributed by atoms with Crippen LogP contribution in [0, 0.1) is 17.1 Å². The molecule has 0 radical (unpaired) electrons. The zero-order valence-electron chi connectivity index (χ0n) is 10.1. The summed E-state index contributed by atoms with van der Waals surface area (Å²) in [6.07, 6.45) is 0. The minimum atomic E-state index is -0.458. The van der Waals surface area contributed by atoms with E-state index in [1.54, 1.807) is 18.2 Å². The Hall–Kier alpha value is -2.25. The zero-order valence-corrected chi connectivity index (χ0v) is 10.8. The monoisotopic (exact) mass is 276 g/mol. The average Bonchev–Trinajstić information content (AvgIpc) is 2.41. The fourth-order valence-corrected chi connectivity index (χ4v) is 1.81. The predicted molar refractivity (Wildman–Crippen MR) is 72.4 cm³/mol. The van der Waals surface area contributed by atoms with Crippen LogP contribution in [0.3, 0.4) is 0 Å².